The summed E-state index contributed by atoms with van der Waals surface area (Å²) in [4.78, 5) is 18.2. The van der Waals surface area contributed by atoms with E-state index in [2.05, 4.69) is 10.3 Å². The van der Waals surface area contributed by atoms with E-state index in [1.165, 1.54) is 24.4 Å². The zero-order valence-corrected chi connectivity index (χ0v) is 26.4. The topological polar surface area (TPSA) is 137 Å². The maximum atomic E-state index is 14.2. The van der Waals surface area contributed by atoms with E-state index in [9.17, 15) is 26.7 Å². The fourth-order valence-corrected chi connectivity index (χ4v) is 8.51. The number of nitrogens with zero attached hydrogens (tertiary/aromatic N) is 3. The van der Waals surface area contributed by atoms with Crippen molar-refractivity contribution >= 4 is 36.9 Å². The molecular weight excluding hydrogens is 601 g/mol. The molecule has 2 atom stereocenters. The van der Waals surface area contributed by atoms with Crippen molar-refractivity contribution in [3.8, 4) is 0 Å². The van der Waals surface area contributed by atoms with Gasteiger partial charge in [0.15, 0.2) is 0 Å². The third kappa shape index (κ3) is 6.26. The third-order valence-electron chi connectivity index (χ3n) is 7.84. The van der Waals surface area contributed by atoms with Crippen molar-refractivity contribution in [2.45, 2.75) is 48.1 Å². The Hall–Kier alpha value is -3.68. The Morgan fingerprint density at radius 3 is 2.25 bits per heavy atom. The van der Waals surface area contributed by atoms with Crippen molar-refractivity contribution in [3.63, 3.8) is 0 Å². The van der Waals surface area contributed by atoms with Gasteiger partial charge in [-0.25, -0.2) is 16.8 Å². The Kier molecular flexibility index (Phi) is 8.92. The minimum absolute atomic E-state index is 0.0525. The Morgan fingerprint density at radius 1 is 0.909 bits per heavy atom. The first-order valence-electron chi connectivity index (χ1n) is 14.3. The lowest BCUT2D eigenvalue weighted by atomic mass is 9.87. The van der Waals surface area contributed by atoms with Gasteiger partial charge in [-0.1, -0.05) is 81.4 Å². The van der Waals surface area contributed by atoms with Crippen molar-refractivity contribution in [2.75, 3.05) is 26.2 Å². The van der Waals surface area contributed by atoms with E-state index < -0.39 is 51.2 Å². The number of sulfonamides is 2. The Labute approximate surface area is 258 Å². The first-order valence-corrected chi connectivity index (χ1v) is 17.1. The summed E-state index contributed by atoms with van der Waals surface area (Å²) >= 11 is 0. The van der Waals surface area contributed by atoms with Crippen LogP contribution in [0.2, 0.25) is 0 Å². The molecule has 1 aliphatic heterocycles. The monoisotopic (exact) mass is 636 g/mol. The van der Waals surface area contributed by atoms with Gasteiger partial charge in [0.05, 0.1) is 23.1 Å². The number of aromatic nitrogens is 1. The molecule has 232 valence electrons. The molecule has 1 saturated heterocycles. The quantitative estimate of drug-likeness (QED) is 0.302. The number of piperazine rings is 1. The minimum Gasteiger partial charge on any atom is -0.394 e. The SMILES string of the molecule is CC(C)(C)c1ccc(S(=O)(=O)N2CCN(S(=O)(=O)c3cccc4cccnc34)[C@@H](C(=O)N[C@@H](CO)c3ccccc3)C2)cc1. The summed E-state index contributed by atoms with van der Waals surface area (Å²) in [6.45, 7) is 4.80. The van der Waals surface area contributed by atoms with Gasteiger partial charge in [0.2, 0.25) is 26.0 Å². The molecule has 12 heteroatoms. The number of nitrogens with one attached hydrogen (secondary N) is 1. The highest BCUT2D eigenvalue weighted by molar-refractivity contribution is 7.89. The van der Waals surface area contributed by atoms with Crippen LogP contribution in [0.25, 0.3) is 10.9 Å². The lowest BCUT2D eigenvalue weighted by Gasteiger charge is -2.39. The Bertz CT molecular complexity index is 1850. The van der Waals surface area contributed by atoms with Gasteiger partial charge in [0.25, 0.3) is 0 Å². The maximum absolute atomic E-state index is 14.2. The molecule has 0 spiro atoms. The smallest absolute Gasteiger partial charge is 0.246 e. The highest BCUT2D eigenvalue weighted by Crippen LogP contribution is 2.30. The van der Waals surface area contributed by atoms with E-state index in [0.717, 1.165) is 14.2 Å². The molecule has 1 aromatic heterocycles. The van der Waals surface area contributed by atoms with Crippen LogP contribution in [0.15, 0.2) is 101 Å². The van der Waals surface area contributed by atoms with Crippen LogP contribution in [-0.4, -0.2) is 73.7 Å². The van der Waals surface area contributed by atoms with Crippen LogP contribution in [0.1, 0.15) is 37.9 Å². The molecule has 1 fully saturated rings. The number of hydrogen-bond donors (Lipinski definition) is 2. The number of fused-ring (bicyclic) bond motifs is 1. The minimum atomic E-state index is -4.32. The van der Waals surface area contributed by atoms with Crippen LogP contribution in [0.5, 0.6) is 0 Å². The number of amides is 1. The zero-order chi connectivity index (χ0) is 31.7. The maximum Gasteiger partial charge on any atom is 0.246 e. The van der Waals surface area contributed by atoms with Crippen LogP contribution in [-0.2, 0) is 30.3 Å². The van der Waals surface area contributed by atoms with E-state index in [4.69, 9.17) is 0 Å². The molecule has 4 aromatic rings. The molecule has 5 rings (SSSR count). The highest BCUT2D eigenvalue weighted by Gasteiger charge is 2.44. The summed E-state index contributed by atoms with van der Waals surface area (Å²) in [5.74, 6) is -0.729. The molecule has 44 heavy (non-hydrogen) atoms. The van der Waals surface area contributed by atoms with E-state index >= 15 is 0 Å². The zero-order valence-electron chi connectivity index (χ0n) is 24.8. The number of benzene rings is 3. The third-order valence-corrected chi connectivity index (χ3v) is 11.7. The van der Waals surface area contributed by atoms with Crippen molar-refractivity contribution in [1.82, 2.24) is 18.9 Å². The molecule has 2 N–H and O–H groups in total. The number of pyridine rings is 1. The number of carbonyl (C=O) groups excluding carboxylic acids is 1. The van der Waals surface area contributed by atoms with Gasteiger partial charge >= 0.3 is 0 Å². The van der Waals surface area contributed by atoms with Gasteiger partial charge in [0.1, 0.15) is 10.9 Å². The number of aliphatic hydroxyl groups is 1. The summed E-state index contributed by atoms with van der Waals surface area (Å²) in [7, 11) is -8.39. The van der Waals surface area contributed by atoms with Gasteiger partial charge < -0.3 is 10.4 Å². The molecule has 1 amide bonds. The van der Waals surface area contributed by atoms with Crippen LogP contribution < -0.4 is 5.32 Å². The molecule has 0 aliphatic carbocycles. The number of rotatable bonds is 8. The van der Waals surface area contributed by atoms with Gasteiger partial charge in [-0.3, -0.25) is 9.78 Å². The molecule has 0 saturated carbocycles. The first kappa shape index (κ1) is 31.7. The predicted molar refractivity (Wildman–Crippen MR) is 168 cm³/mol. The molecule has 1 aliphatic rings. The summed E-state index contributed by atoms with van der Waals surface area (Å²) in [6.07, 6.45) is 1.49. The second-order valence-electron chi connectivity index (χ2n) is 11.8. The number of para-hydroxylation sites is 1. The highest BCUT2D eigenvalue weighted by atomic mass is 32.2. The summed E-state index contributed by atoms with van der Waals surface area (Å²) in [6, 6.07) is 21.3. The van der Waals surface area contributed by atoms with E-state index in [1.807, 2.05) is 20.8 Å². The van der Waals surface area contributed by atoms with Crippen molar-refractivity contribution < 1.29 is 26.7 Å². The molecule has 0 unspecified atom stereocenters. The van der Waals surface area contributed by atoms with Gasteiger partial charge in [-0.2, -0.15) is 8.61 Å². The molecule has 0 bridgehead atoms. The normalized spacial score (nSPS) is 17.8. The largest absolute Gasteiger partial charge is 0.394 e. The van der Waals surface area contributed by atoms with E-state index in [-0.39, 0.29) is 33.8 Å². The summed E-state index contributed by atoms with van der Waals surface area (Å²) in [5.41, 5.74) is 1.66. The second kappa shape index (κ2) is 12.4. The Balaban J connectivity index is 1.52. The van der Waals surface area contributed by atoms with Gasteiger partial charge in [-0.15, -0.1) is 0 Å². The average molecular weight is 637 g/mol. The van der Waals surface area contributed by atoms with Crippen molar-refractivity contribution in [3.05, 3.63) is 102 Å². The fourth-order valence-electron chi connectivity index (χ4n) is 5.34. The number of aliphatic hydroxyl groups excluding tert-OH is 1. The van der Waals surface area contributed by atoms with Gasteiger partial charge in [-0.05, 0) is 40.8 Å². The van der Waals surface area contributed by atoms with Crippen LogP contribution >= 0.6 is 0 Å². The average Bonchev–Trinajstić information content (AvgIpc) is 3.03. The van der Waals surface area contributed by atoms with E-state index in [1.54, 1.807) is 66.7 Å². The predicted octanol–water partition coefficient (Wildman–Crippen LogP) is 3.45. The number of carbonyl (C=O) groups is 1. The van der Waals surface area contributed by atoms with E-state index in [0.29, 0.717) is 10.9 Å². The number of hydrogen-bond acceptors (Lipinski definition) is 7. The lowest BCUT2D eigenvalue weighted by molar-refractivity contribution is -0.127. The standard InChI is InChI=1S/C32H36N4O6S2/c1-32(2,3)25-14-16-26(17-15-25)43(39,40)35-19-20-36(44(41,42)29-13-7-11-24-12-8-18-33-30(24)29)28(21-35)31(38)34-27(22-37)23-9-5-4-6-10-23/h4-18,27-28,37H,19-22H2,1-3H3,(H,34,38)/t27-,28+/m0/s1. The molecule has 10 nitrogen and oxygen atoms in total. The summed E-state index contributed by atoms with van der Waals surface area (Å²) < 4.78 is 58.2. The molecular formula is C32H36N4O6S2. The fraction of sp³-hybridized carbons (Fsp3) is 0.312. The van der Waals surface area contributed by atoms with Gasteiger partial charge in [0, 0.05) is 31.2 Å². The summed E-state index contributed by atoms with van der Waals surface area (Å²) in [5, 5.41) is 13.5. The lowest BCUT2D eigenvalue weighted by Crippen LogP contribution is -2.61. The van der Waals surface area contributed by atoms with Crippen molar-refractivity contribution in [1.29, 1.82) is 0 Å². The van der Waals surface area contributed by atoms with Crippen molar-refractivity contribution in [2.24, 2.45) is 0 Å². The second-order valence-corrected chi connectivity index (χ2v) is 15.6. The Morgan fingerprint density at radius 2 is 1.59 bits per heavy atom. The molecule has 0 radical (unpaired) electrons. The van der Waals surface area contributed by atoms with Crippen LogP contribution in [0.3, 0.4) is 0 Å². The molecule has 3 aromatic carbocycles. The van der Waals surface area contributed by atoms with Crippen LogP contribution in [0, 0.1) is 0 Å². The first-order chi connectivity index (χ1) is 20.8. The van der Waals surface area contributed by atoms with Crippen LogP contribution in [0.4, 0.5) is 0 Å². The molecule has 2 heterocycles.